The van der Waals surface area contributed by atoms with Crippen LogP contribution in [-0.2, 0) is 4.79 Å². The van der Waals surface area contributed by atoms with E-state index in [1.807, 2.05) is 43.0 Å². The van der Waals surface area contributed by atoms with E-state index >= 15 is 0 Å². The molecule has 4 heteroatoms. The zero-order chi connectivity index (χ0) is 14.0. The van der Waals surface area contributed by atoms with E-state index in [1.165, 1.54) is 0 Å². The second-order valence-electron chi connectivity index (χ2n) is 5.13. The van der Waals surface area contributed by atoms with Crippen molar-refractivity contribution in [3.05, 3.63) is 35.4 Å². The second-order valence-corrected chi connectivity index (χ2v) is 5.13. The van der Waals surface area contributed by atoms with Crippen LogP contribution in [0.4, 0.5) is 0 Å². The van der Waals surface area contributed by atoms with Gasteiger partial charge in [-0.25, -0.2) is 0 Å². The first-order valence-electron chi connectivity index (χ1n) is 6.63. The van der Waals surface area contributed by atoms with Crippen molar-refractivity contribution in [2.75, 3.05) is 19.6 Å². The molecular formula is C15H20N2O2. The van der Waals surface area contributed by atoms with Crippen molar-refractivity contribution in [3.63, 3.8) is 0 Å². The third-order valence-electron chi connectivity index (χ3n) is 3.71. The summed E-state index contributed by atoms with van der Waals surface area (Å²) in [6, 6.07) is 7.69. The molecule has 0 saturated carbocycles. The van der Waals surface area contributed by atoms with E-state index in [2.05, 4.69) is 0 Å². The van der Waals surface area contributed by atoms with Crippen LogP contribution in [0.25, 0.3) is 0 Å². The summed E-state index contributed by atoms with van der Waals surface area (Å²) in [5.74, 6) is 0.142. The predicted octanol–water partition coefficient (Wildman–Crippen LogP) is 1.69. The third kappa shape index (κ3) is 2.78. The van der Waals surface area contributed by atoms with Gasteiger partial charge in [0.2, 0.25) is 5.91 Å². The number of rotatable bonds is 1. The van der Waals surface area contributed by atoms with Gasteiger partial charge in [0.25, 0.3) is 5.91 Å². The Hall–Kier alpha value is -1.84. The maximum Gasteiger partial charge on any atom is 0.254 e. The molecule has 2 rings (SSSR count). The molecule has 0 aromatic heterocycles. The number of carbonyl (C=O) groups is 2. The second kappa shape index (κ2) is 5.43. The highest BCUT2D eigenvalue weighted by molar-refractivity contribution is 5.96. The predicted molar refractivity (Wildman–Crippen MR) is 73.9 cm³/mol. The van der Waals surface area contributed by atoms with Crippen LogP contribution in [0.5, 0.6) is 0 Å². The van der Waals surface area contributed by atoms with Crippen LogP contribution < -0.4 is 0 Å². The van der Waals surface area contributed by atoms with E-state index in [0.717, 1.165) is 11.1 Å². The third-order valence-corrected chi connectivity index (χ3v) is 3.71. The lowest BCUT2D eigenvalue weighted by Crippen LogP contribution is -2.55. The molecular weight excluding hydrogens is 240 g/mol. The topological polar surface area (TPSA) is 40.6 Å². The van der Waals surface area contributed by atoms with Gasteiger partial charge in [0.1, 0.15) is 0 Å². The summed E-state index contributed by atoms with van der Waals surface area (Å²) in [4.78, 5) is 27.6. The molecule has 4 nitrogen and oxygen atoms in total. The first-order chi connectivity index (χ1) is 9.00. The van der Waals surface area contributed by atoms with Crippen LogP contribution in [0, 0.1) is 6.92 Å². The van der Waals surface area contributed by atoms with E-state index in [-0.39, 0.29) is 17.9 Å². The highest BCUT2D eigenvalue weighted by Gasteiger charge is 2.29. The summed E-state index contributed by atoms with van der Waals surface area (Å²) in [5, 5.41) is 0. The summed E-state index contributed by atoms with van der Waals surface area (Å²) in [6.45, 7) is 7.36. The van der Waals surface area contributed by atoms with Crippen molar-refractivity contribution >= 4 is 11.8 Å². The Morgan fingerprint density at radius 3 is 2.47 bits per heavy atom. The van der Waals surface area contributed by atoms with Crippen molar-refractivity contribution < 1.29 is 9.59 Å². The van der Waals surface area contributed by atoms with Crippen molar-refractivity contribution in [1.82, 2.24) is 9.80 Å². The van der Waals surface area contributed by atoms with Crippen LogP contribution in [0.2, 0.25) is 0 Å². The van der Waals surface area contributed by atoms with E-state index in [1.54, 1.807) is 11.8 Å². The summed E-state index contributed by atoms with van der Waals surface area (Å²) in [7, 11) is 0. The van der Waals surface area contributed by atoms with Crippen LogP contribution in [0.3, 0.4) is 0 Å². The Bertz CT molecular complexity index is 499. The fourth-order valence-corrected chi connectivity index (χ4v) is 2.51. The van der Waals surface area contributed by atoms with E-state index in [4.69, 9.17) is 0 Å². The molecule has 0 radical (unpaired) electrons. The molecule has 0 spiro atoms. The van der Waals surface area contributed by atoms with Crippen molar-refractivity contribution in [1.29, 1.82) is 0 Å². The SMILES string of the molecule is CC(=O)N1CCN(C(=O)c2ccccc2C)C(C)C1. The number of amides is 2. The van der Waals surface area contributed by atoms with Gasteiger partial charge in [0.15, 0.2) is 0 Å². The average molecular weight is 260 g/mol. The van der Waals surface area contributed by atoms with Crippen LogP contribution >= 0.6 is 0 Å². The van der Waals surface area contributed by atoms with E-state index < -0.39 is 0 Å². The van der Waals surface area contributed by atoms with Gasteiger partial charge in [-0.3, -0.25) is 9.59 Å². The van der Waals surface area contributed by atoms with Gasteiger partial charge < -0.3 is 9.80 Å². The molecule has 1 aliphatic rings. The lowest BCUT2D eigenvalue weighted by Gasteiger charge is -2.39. The first kappa shape index (κ1) is 13.6. The highest BCUT2D eigenvalue weighted by atomic mass is 16.2. The molecule has 0 bridgehead atoms. The Morgan fingerprint density at radius 2 is 1.89 bits per heavy atom. The number of piperazine rings is 1. The fourth-order valence-electron chi connectivity index (χ4n) is 2.51. The minimum absolute atomic E-state index is 0.0600. The largest absolute Gasteiger partial charge is 0.339 e. The molecule has 1 saturated heterocycles. The van der Waals surface area contributed by atoms with Gasteiger partial charge in [-0.15, -0.1) is 0 Å². The number of aryl methyl sites for hydroxylation is 1. The van der Waals surface area contributed by atoms with E-state index in [0.29, 0.717) is 19.6 Å². The van der Waals surface area contributed by atoms with Crippen LogP contribution in [0.1, 0.15) is 29.8 Å². The highest BCUT2D eigenvalue weighted by Crippen LogP contribution is 2.16. The number of hydrogen-bond acceptors (Lipinski definition) is 2. The average Bonchev–Trinajstić information content (AvgIpc) is 2.38. The molecule has 1 unspecified atom stereocenters. The molecule has 1 aliphatic heterocycles. The summed E-state index contributed by atoms with van der Waals surface area (Å²) >= 11 is 0. The number of nitrogens with zero attached hydrogens (tertiary/aromatic N) is 2. The molecule has 0 N–H and O–H groups in total. The molecule has 1 atom stereocenters. The molecule has 0 aliphatic carbocycles. The molecule has 1 fully saturated rings. The normalized spacial score (nSPS) is 19.4. The van der Waals surface area contributed by atoms with E-state index in [9.17, 15) is 9.59 Å². The summed E-state index contributed by atoms with van der Waals surface area (Å²) in [5.41, 5.74) is 1.75. The fraction of sp³-hybridized carbons (Fsp3) is 0.467. The van der Waals surface area contributed by atoms with Crippen molar-refractivity contribution in [2.24, 2.45) is 0 Å². The zero-order valence-electron chi connectivity index (χ0n) is 11.7. The van der Waals surface area contributed by atoms with Crippen LogP contribution in [-0.4, -0.2) is 47.3 Å². The quantitative estimate of drug-likeness (QED) is 0.771. The Kier molecular flexibility index (Phi) is 3.88. The maximum atomic E-state index is 12.5. The zero-order valence-corrected chi connectivity index (χ0v) is 11.7. The minimum atomic E-state index is 0.0600. The van der Waals surface area contributed by atoms with Gasteiger partial charge in [0, 0.05) is 38.2 Å². The minimum Gasteiger partial charge on any atom is -0.339 e. The standard InChI is InChI=1S/C15H20N2O2/c1-11-6-4-5-7-14(11)15(19)17-9-8-16(13(3)18)10-12(17)2/h4-7,12H,8-10H2,1-3H3. The summed E-state index contributed by atoms with van der Waals surface area (Å²) < 4.78 is 0. The number of benzene rings is 1. The van der Waals surface area contributed by atoms with Gasteiger partial charge >= 0.3 is 0 Å². The van der Waals surface area contributed by atoms with Crippen LogP contribution in [0.15, 0.2) is 24.3 Å². The first-order valence-corrected chi connectivity index (χ1v) is 6.63. The molecule has 1 aromatic carbocycles. The lowest BCUT2D eigenvalue weighted by atomic mass is 10.1. The number of hydrogen-bond donors (Lipinski definition) is 0. The molecule has 19 heavy (non-hydrogen) atoms. The maximum absolute atomic E-state index is 12.5. The Balaban J connectivity index is 2.13. The lowest BCUT2D eigenvalue weighted by molar-refractivity contribution is -0.131. The monoisotopic (exact) mass is 260 g/mol. The van der Waals surface area contributed by atoms with Gasteiger partial charge in [0.05, 0.1) is 0 Å². The Labute approximate surface area is 114 Å². The molecule has 1 heterocycles. The Morgan fingerprint density at radius 1 is 1.21 bits per heavy atom. The molecule has 1 aromatic rings. The van der Waals surface area contributed by atoms with Gasteiger partial charge in [-0.2, -0.15) is 0 Å². The molecule has 102 valence electrons. The molecule has 2 amide bonds. The summed E-state index contributed by atoms with van der Waals surface area (Å²) in [6.07, 6.45) is 0. The van der Waals surface area contributed by atoms with Gasteiger partial charge in [-0.05, 0) is 25.5 Å². The number of carbonyl (C=O) groups excluding carboxylic acids is 2. The smallest absolute Gasteiger partial charge is 0.254 e. The van der Waals surface area contributed by atoms with Crippen molar-refractivity contribution in [2.45, 2.75) is 26.8 Å². The van der Waals surface area contributed by atoms with Crippen molar-refractivity contribution in [3.8, 4) is 0 Å². The van der Waals surface area contributed by atoms with Gasteiger partial charge in [-0.1, -0.05) is 18.2 Å².